The van der Waals surface area contributed by atoms with Crippen LogP contribution in [0, 0.1) is 36.4 Å². The number of H-pyrrole nitrogens is 7. The van der Waals surface area contributed by atoms with Crippen molar-refractivity contribution >= 4 is 110 Å². The van der Waals surface area contributed by atoms with Crippen molar-refractivity contribution in [2.75, 3.05) is 212 Å². The zero-order valence-corrected chi connectivity index (χ0v) is 84.9. The molecule has 0 aliphatic carbocycles. The van der Waals surface area contributed by atoms with E-state index in [1.807, 2.05) is 164 Å². The molecule has 20 rings (SSSR count). The second-order valence-electron chi connectivity index (χ2n) is 40.5. The van der Waals surface area contributed by atoms with E-state index in [4.69, 9.17) is 0 Å². The fraction of sp³-hybridized carbons (Fsp3) is 0.434. The molecule has 0 spiro atoms. The number of benzene rings is 7. The van der Waals surface area contributed by atoms with Gasteiger partial charge in [0, 0.05) is 167 Å². The number of piperidine rings is 4. The lowest BCUT2D eigenvalue weighted by Crippen LogP contribution is -2.55. The molecule has 6 saturated heterocycles. The molecule has 6 aliphatic rings. The Morgan fingerprint density at radius 2 is 0.818 bits per heavy atom. The standard InChI is InChI=1S/C18H25N3O2.C17H21N3O2.C17H23N3O.C16H20N2O.C15H18FN3O2.C15H18N2O2.C15H20N2O/c1-13(2)10-20-7-8-21(11-15(20)12-22)17-9-14-5-3-4-6-16(14)18(23)19-17;1-19(2)17(22)13-7-5-9-20(11-13)15-10-12-6-3-4-8-14(12)16(21)18-15;1-19(2)11-13-6-5-9-20(12-13)16-10-14-7-3-4-8-15(14)17(21)18-16;1-11-3-4-14-13(9-11)10-15(17-16(14)19)12-5-7-18(2)8-6-12;1-18-5-6-19(8-10(18)9-20)14-7-12-11(15(21)17-14)3-2-4-13(12)16;18-10-11-4-3-7-17(9-11)14-8-12-5-1-2-6-13(12)15(19)16-14;1-17(2)10-6-5-8-13-11-12-7-3-4-9-14(12)15(18)16-13/h3-6,9,13,15,22H,7-8,10-12H2,1-2H3,(H,19,23);3-4,6,8,10,13H,5,7,9,11H2,1-2H3,(H,18,21);3-4,7-8,10,13H,5-6,9,11-12H2,1-2H3,(H,18,21);3-4,9-10,12H,5-8H2,1-2H3,(H,17,19);2-4,7,10,20H,5-6,8-9H2,1H3,(H,17,21);1-2,5-6,8,11,18H,3-4,7,9-10H2,(H,16,19);3-4,7,9,11H,5-6,8,10H2,1-2H3,(H,16,18). The minimum Gasteiger partial charge on any atom is -0.396 e. The number of hydrogen-bond acceptors (Lipinski definition) is 21. The Kier molecular flexibility index (Phi) is 37.3. The van der Waals surface area contributed by atoms with Gasteiger partial charge in [-0.2, -0.15) is 0 Å². The van der Waals surface area contributed by atoms with Crippen molar-refractivity contribution in [3.8, 4) is 0 Å². The summed E-state index contributed by atoms with van der Waals surface area (Å²) in [7, 11) is 16.1. The highest BCUT2D eigenvalue weighted by atomic mass is 19.1. The quantitative estimate of drug-likeness (QED) is 0.0336. The zero-order valence-electron chi connectivity index (χ0n) is 84.9. The van der Waals surface area contributed by atoms with E-state index < -0.39 is 5.82 Å². The lowest BCUT2D eigenvalue weighted by Gasteiger charge is -2.42. The van der Waals surface area contributed by atoms with Crippen LogP contribution < -0.4 is 63.4 Å². The summed E-state index contributed by atoms with van der Waals surface area (Å²) in [6.45, 7) is 22.2. The Hall–Kier alpha value is -12.9. The summed E-state index contributed by atoms with van der Waals surface area (Å²) in [4.78, 5) is 141. The van der Waals surface area contributed by atoms with Gasteiger partial charge in [0.1, 0.15) is 34.9 Å². The average molecular weight is 1950 g/mol. The topological polar surface area (TPSA) is 343 Å². The smallest absolute Gasteiger partial charge is 0.257 e. The van der Waals surface area contributed by atoms with Gasteiger partial charge in [-0.05, 0) is 281 Å². The van der Waals surface area contributed by atoms with Crippen LogP contribution in [0.5, 0.6) is 0 Å². The Labute approximate surface area is 835 Å². The summed E-state index contributed by atoms with van der Waals surface area (Å²) >= 11 is 0. The van der Waals surface area contributed by atoms with E-state index >= 15 is 0 Å². The first-order valence-electron chi connectivity index (χ1n) is 50.7. The third-order valence-corrected chi connectivity index (χ3v) is 28.3. The number of pyridine rings is 7. The molecule has 7 aromatic carbocycles. The number of fused-ring (bicyclic) bond motifs is 7. The van der Waals surface area contributed by atoms with Crippen LogP contribution in [-0.4, -0.2) is 285 Å². The van der Waals surface area contributed by atoms with Gasteiger partial charge in [-0.15, -0.1) is 0 Å². The molecule has 29 nitrogen and oxygen atoms in total. The molecule has 143 heavy (non-hydrogen) atoms. The summed E-state index contributed by atoms with van der Waals surface area (Å²) in [6, 6.07) is 63.0. The van der Waals surface area contributed by atoms with E-state index in [-0.39, 0.29) is 82.6 Å². The van der Waals surface area contributed by atoms with E-state index in [1.54, 1.807) is 31.1 Å². The SMILES string of the molecule is CC(C)CN1CCN(c2cc3ccccc3c(=O)[nH]2)CC1CO.CN(C)C(=O)C1CCCN(c2cc3ccccc3c(=O)[nH]2)C1.CN(C)CC1CCCN(c2cc3ccccc3c(=O)[nH]2)C1.CN(C)CCCCc1cc2ccccc2c(=O)[nH]1.CN1CCN(c2cc3c(F)cccc3c(=O)[nH]2)CC1CO.Cc1ccc2c(=O)[nH]c(C3CCN(C)CC3)cc2c1.O=c1[nH]c(N2CCCC(CO)C2)cc2ccccc12. The monoisotopic (exact) mass is 1950 g/mol. The molecule has 10 N–H and O–H groups in total. The van der Waals surface area contributed by atoms with Gasteiger partial charge >= 0.3 is 0 Å². The number of aliphatic hydroxyl groups is 3. The number of unbranched alkanes of at least 4 members (excludes halogenated alkanes) is 1. The van der Waals surface area contributed by atoms with E-state index in [0.717, 1.165) is 244 Å². The summed E-state index contributed by atoms with van der Waals surface area (Å²) in [5, 5.41) is 39.5. The van der Waals surface area contributed by atoms with E-state index in [9.17, 15) is 58.1 Å². The van der Waals surface area contributed by atoms with E-state index in [0.29, 0.717) is 64.1 Å². The molecular formula is C113H145FN18O11. The van der Waals surface area contributed by atoms with Crippen LogP contribution in [0.15, 0.2) is 234 Å². The zero-order chi connectivity index (χ0) is 101. The molecular weight excluding hydrogens is 1800 g/mol. The van der Waals surface area contributed by atoms with E-state index in [2.05, 4.69) is 159 Å². The molecule has 30 heteroatoms. The van der Waals surface area contributed by atoms with Gasteiger partial charge in [0.15, 0.2) is 0 Å². The van der Waals surface area contributed by atoms with Crippen LogP contribution in [0.1, 0.15) is 101 Å². The van der Waals surface area contributed by atoms with Crippen LogP contribution in [0.3, 0.4) is 0 Å². The first-order chi connectivity index (χ1) is 68.9. The minimum atomic E-state index is -0.396. The molecule has 0 saturated carbocycles. The Balaban J connectivity index is 0.000000133. The largest absolute Gasteiger partial charge is 0.396 e. The molecule has 14 aromatic rings. The number of anilines is 5. The van der Waals surface area contributed by atoms with Crippen molar-refractivity contribution in [2.24, 2.45) is 23.7 Å². The number of piperazine rings is 2. The first kappa shape index (κ1) is 106. The third kappa shape index (κ3) is 28.2. The maximum Gasteiger partial charge on any atom is 0.257 e. The number of carbonyl (C=O) groups excluding carboxylic acids is 1. The molecule has 7 aromatic heterocycles. The van der Waals surface area contributed by atoms with Crippen molar-refractivity contribution in [3.05, 3.63) is 295 Å². The maximum absolute atomic E-state index is 13.9. The second-order valence-corrected chi connectivity index (χ2v) is 40.5. The molecule has 5 unspecified atom stereocenters. The maximum atomic E-state index is 13.9. The summed E-state index contributed by atoms with van der Waals surface area (Å²) < 4.78 is 13.9. The number of nitrogens with one attached hydrogen (secondary N) is 7. The Bertz CT molecular complexity index is 7070. The van der Waals surface area contributed by atoms with Gasteiger partial charge in [-0.1, -0.05) is 129 Å². The number of halogens is 1. The number of nitrogens with zero attached hydrogens (tertiary/aromatic N) is 11. The second kappa shape index (κ2) is 50.4. The average Bonchev–Trinajstić information content (AvgIpc) is 0.802. The number of aryl methyl sites for hydroxylation is 2. The molecule has 0 radical (unpaired) electrons. The van der Waals surface area contributed by atoms with E-state index in [1.165, 1.54) is 30.5 Å². The highest BCUT2D eigenvalue weighted by Crippen LogP contribution is 2.32. The number of carbonyl (C=O) groups is 1. The van der Waals surface area contributed by atoms with Crippen molar-refractivity contribution < 1.29 is 24.5 Å². The highest BCUT2D eigenvalue weighted by Gasteiger charge is 2.32. The number of aliphatic hydroxyl groups excluding tert-OH is 3. The number of likely N-dealkylation sites (N-methyl/N-ethyl adjacent to an activating group) is 1. The molecule has 6 aliphatic heterocycles. The van der Waals surface area contributed by atoms with Crippen molar-refractivity contribution in [2.45, 2.75) is 109 Å². The van der Waals surface area contributed by atoms with Crippen molar-refractivity contribution in [1.82, 2.24) is 64.3 Å². The normalized spacial score (nSPS) is 18.3. The van der Waals surface area contributed by atoms with Crippen LogP contribution >= 0.6 is 0 Å². The molecule has 0 bridgehead atoms. The fourth-order valence-corrected chi connectivity index (χ4v) is 20.5. The third-order valence-electron chi connectivity index (χ3n) is 28.3. The van der Waals surface area contributed by atoms with Gasteiger partial charge in [0.25, 0.3) is 38.9 Å². The van der Waals surface area contributed by atoms with Crippen molar-refractivity contribution in [3.63, 3.8) is 0 Å². The van der Waals surface area contributed by atoms with Crippen molar-refractivity contribution in [1.29, 1.82) is 0 Å². The molecule has 5 atom stereocenters. The summed E-state index contributed by atoms with van der Waals surface area (Å²) in [5.74, 6) is 5.89. The fourth-order valence-electron chi connectivity index (χ4n) is 20.5. The molecule has 6 fully saturated rings. The number of rotatable bonds is 19. The van der Waals surface area contributed by atoms with Gasteiger partial charge in [-0.3, -0.25) is 48.2 Å². The molecule has 1 amide bonds. The molecule has 760 valence electrons. The Morgan fingerprint density at radius 1 is 0.392 bits per heavy atom. The molecule has 13 heterocycles. The highest BCUT2D eigenvalue weighted by molar-refractivity contribution is 5.89. The first-order valence-corrected chi connectivity index (χ1v) is 50.7. The summed E-state index contributed by atoms with van der Waals surface area (Å²) in [6.07, 6.45) is 11.9. The van der Waals surface area contributed by atoms with Gasteiger partial charge in [0.05, 0.1) is 36.6 Å². The Morgan fingerprint density at radius 3 is 1.31 bits per heavy atom. The lowest BCUT2D eigenvalue weighted by atomic mass is 9.92. The number of aromatic amines is 7. The van der Waals surface area contributed by atoms with Gasteiger partial charge in [-0.25, -0.2) is 4.39 Å². The number of hydrogen-bond donors (Lipinski definition) is 10. The number of aromatic nitrogens is 7. The predicted octanol–water partition coefficient (Wildman–Crippen LogP) is 13.4. The number of likely N-dealkylation sites (tertiary alicyclic amines) is 1. The van der Waals surface area contributed by atoms with Crippen LogP contribution in [-0.2, 0) is 11.2 Å². The van der Waals surface area contributed by atoms with Gasteiger partial charge in [0.2, 0.25) is 5.91 Å². The number of amides is 1. The van der Waals surface area contributed by atoms with Gasteiger partial charge < -0.3 is 94.3 Å². The lowest BCUT2D eigenvalue weighted by molar-refractivity contribution is -0.133. The predicted molar refractivity (Wildman–Crippen MR) is 582 cm³/mol. The van der Waals surface area contributed by atoms with Crippen LogP contribution in [0.25, 0.3) is 75.4 Å². The van der Waals surface area contributed by atoms with Crippen LogP contribution in [0.2, 0.25) is 0 Å². The summed E-state index contributed by atoms with van der Waals surface area (Å²) in [5.41, 5.74) is 2.97. The minimum absolute atomic E-state index is 0.00118. The van der Waals surface area contributed by atoms with Crippen LogP contribution in [0.4, 0.5) is 33.5 Å².